The van der Waals surface area contributed by atoms with Gasteiger partial charge in [0.15, 0.2) is 0 Å². The zero-order chi connectivity index (χ0) is 22.3. The summed E-state index contributed by atoms with van der Waals surface area (Å²) < 4.78 is 41.0. The van der Waals surface area contributed by atoms with Crippen LogP contribution in [-0.2, 0) is 21.2 Å². The second kappa shape index (κ2) is 10.2. The minimum absolute atomic E-state index is 0.00311. The summed E-state index contributed by atoms with van der Waals surface area (Å²) in [6.45, 7) is 2.24. The van der Waals surface area contributed by atoms with Crippen LogP contribution in [0.5, 0.6) is 0 Å². The van der Waals surface area contributed by atoms with Crippen LogP contribution in [0.25, 0.3) is 0 Å². The number of aryl methyl sites for hydroxylation is 1. The van der Waals surface area contributed by atoms with E-state index < -0.39 is 10.0 Å². The molecule has 0 aliphatic heterocycles. The molecule has 3 aromatic rings. The Hall–Kier alpha value is -3.19. The van der Waals surface area contributed by atoms with E-state index in [0.717, 1.165) is 11.1 Å². The van der Waals surface area contributed by atoms with Gasteiger partial charge in [0.05, 0.1) is 10.6 Å². The lowest BCUT2D eigenvalue weighted by molar-refractivity contribution is -0.120. The third-order valence-electron chi connectivity index (χ3n) is 4.82. The van der Waals surface area contributed by atoms with Gasteiger partial charge in [0.2, 0.25) is 5.91 Å². The molecule has 5 nitrogen and oxygen atoms in total. The van der Waals surface area contributed by atoms with E-state index in [1.165, 1.54) is 16.4 Å². The zero-order valence-electron chi connectivity index (χ0n) is 17.3. The van der Waals surface area contributed by atoms with Gasteiger partial charge in [-0.15, -0.1) is 0 Å². The van der Waals surface area contributed by atoms with Gasteiger partial charge < -0.3 is 5.32 Å². The first-order valence-electron chi connectivity index (χ1n) is 10.0. The van der Waals surface area contributed by atoms with E-state index in [0.29, 0.717) is 18.7 Å². The number of para-hydroxylation sites is 1. The molecular formula is C24H25FN2O3S. The molecule has 0 aliphatic carbocycles. The SMILES string of the molecule is Cc1ccc(S(=O)(=O)N(CCC(=O)NCCc2cccc(F)c2)c2ccccc2)cc1. The van der Waals surface area contributed by atoms with Crippen molar-refractivity contribution >= 4 is 21.6 Å². The number of amides is 1. The number of carbonyl (C=O) groups excluding carboxylic acids is 1. The van der Waals surface area contributed by atoms with Crippen molar-refractivity contribution in [1.29, 1.82) is 0 Å². The average Bonchev–Trinajstić information content (AvgIpc) is 2.75. The maximum atomic E-state index is 13.2. The number of nitrogens with one attached hydrogen (secondary N) is 1. The topological polar surface area (TPSA) is 66.5 Å². The predicted molar refractivity (Wildman–Crippen MR) is 120 cm³/mol. The van der Waals surface area contributed by atoms with E-state index in [1.807, 2.05) is 6.92 Å². The molecule has 0 fully saturated rings. The van der Waals surface area contributed by atoms with Crippen LogP contribution in [-0.4, -0.2) is 27.4 Å². The van der Waals surface area contributed by atoms with E-state index in [1.54, 1.807) is 66.7 Å². The van der Waals surface area contributed by atoms with Crippen molar-refractivity contribution in [3.63, 3.8) is 0 Å². The van der Waals surface area contributed by atoms with Crippen LogP contribution in [0.2, 0.25) is 0 Å². The minimum atomic E-state index is -3.82. The standard InChI is InChI=1S/C24H25FN2O3S/c1-19-10-12-23(13-11-19)31(29,30)27(22-8-3-2-4-9-22)17-15-24(28)26-16-14-20-6-5-7-21(25)18-20/h2-13,18H,14-17H2,1H3,(H,26,28). The van der Waals surface area contributed by atoms with E-state index >= 15 is 0 Å². The predicted octanol–water partition coefficient (Wildman–Crippen LogP) is 4.08. The van der Waals surface area contributed by atoms with Crippen molar-refractivity contribution in [2.24, 2.45) is 0 Å². The van der Waals surface area contributed by atoms with Crippen molar-refractivity contribution in [1.82, 2.24) is 5.32 Å². The highest BCUT2D eigenvalue weighted by Gasteiger charge is 2.25. The molecule has 1 amide bonds. The number of carbonyl (C=O) groups is 1. The molecule has 0 heterocycles. The smallest absolute Gasteiger partial charge is 0.264 e. The maximum Gasteiger partial charge on any atom is 0.264 e. The molecular weight excluding hydrogens is 415 g/mol. The van der Waals surface area contributed by atoms with Gasteiger partial charge in [-0.2, -0.15) is 0 Å². The monoisotopic (exact) mass is 440 g/mol. The number of hydrogen-bond donors (Lipinski definition) is 1. The lowest BCUT2D eigenvalue weighted by Crippen LogP contribution is -2.35. The third kappa shape index (κ3) is 6.15. The molecule has 0 saturated heterocycles. The third-order valence-corrected chi connectivity index (χ3v) is 6.66. The Morgan fingerprint density at radius 3 is 2.35 bits per heavy atom. The van der Waals surface area contributed by atoms with E-state index in [2.05, 4.69) is 5.32 Å². The Balaban J connectivity index is 1.66. The van der Waals surface area contributed by atoms with Crippen molar-refractivity contribution < 1.29 is 17.6 Å². The summed E-state index contributed by atoms with van der Waals surface area (Å²) in [5.74, 6) is -0.583. The van der Waals surface area contributed by atoms with Gasteiger partial charge in [0.25, 0.3) is 10.0 Å². The quantitative estimate of drug-likeness (QED) is 0.545. The largest absolute Gasteiger partial charge is 0.356 e. The number of benzene rings is 3. The fourth-order valence-corrected chi connectivity index (χ4v) is 4.62. The zero-order valence-corrected chi connectivity index (χ0v) is 18.1. The molecule has 162 valence electrons. The lowest BCUT2D eigenvalue weighted by atomic mass is 10.1. The Bertz CT molecular complexity index is 1120. The Morgan fingerprint density at radius 1 is 0.968 bits per heavy atom. The van der Waals surface area contributed by atoms with E-state index in [4.69, 9.17) is 0 Å². The van der Waals surface area contributed by atoms with Gasteiger partial charge in [-0.05, 0) is 55.3 Å². The van der Waals surface area contributed by atoms with Crippen molar-refractivity contribution in [2.75, 3.05) is 17.4 Å². The van der Waals surface area contributed by atoms with Gasteiger partial charge in [-0.3, -0.25) is 9.10 Å². The highest BCUT2D eigenvalue weighted by Crippen LogP contribution is 2.24. The summed E-state index contributed by atoms with van der Waals surface area (Å²) >= 11 is 0. The first-order valence-corrected chi connectivity index (χ1v) is 11.5. The summed E-state index contributed by atoms with van der Waals surface area (Å²) in [5.41, 5.74) is 2.24. The van der Waals surface area contributed by atoms with Crippen LogP contribution in [0.15, 0.2) is 83.8 Å². The van der Waals surface area contributed by atoms with Gasteiger partial charge in [-0.25, -0.2) is 12.8 Å². The summed E-state index contributed by atoms with van der Waals surface area (Å²) in [6, 6.07) is 21.6. The molecule has 0 saturated carbocycles. The molecule has 1 N–H and O–H groups in total. The second-order valence-corrected chi connectivity index (χ2v) is 9.07. The second-order valence-electron chi connectivity index (χ2n) is 7.21. The normalized spacial score (nSPS) is 11.2. The van der Waals surface area contributed by atoms with Gasteiger partial charge >= 0.3 is 0 Å². The van der Waals surface area contributed by atoms with Crippen molar-refractivity contribution in [3.05, 3.63) is 95.8 Å². The number of anilines is 1. The molecule has 0 unspecified atom stereocenters. The van der Waals surface area contributed by atoms with Gasteiger partial charge in [0, 0.05) is 19.5 Å². The summed E-state index contributed by atoms with van der Waals surface area (Å²) in [6.07, 6.45) is 0.497. The van der Waals surface area contributed by atoms with Crippen LogP contribution in [0.4, 0.5) is 10.1 Å². The Kier molecular flexibility index (Phi) is 7.41. The molecule has 0 radical (unpaired) electrons. The fraction of sp³-hybridized carbons (Fsp3) is 0.208. The Morgan fingerprint density at radius 2 is 1.68 bits per heavy atom. The molecule has 0 aromatic heterocycles. The molecule has 3 rings (SSSR count). The average molecular weight is 441 g/mol. The number of sulfonamides is 1. The maximum absolute atomic E-state index is 13.2. The molecule has 0 atom stereocenters. The number of hydrogen-bond acceptors (Lipinski definition) is 3. The van der Waals surface area contributed by atoms with Crippen LogP contribution >= 0.6 is 0 Å². The van der Waals surface area contributed by atoms with E-state index in [-0.39, 0.29) is 29.6 Å². The van der Waals surface area contributed by atoms with Crippen molar-refractivity contribution in [2.45, 2.75) is 24.7 Å². The van der Waals surface area contributed by atoms with Crippen LogP contribution in [0, 0.1) is 12.7 Å². The number of halogens is 1. The highest BCUT2D eigenvalue weighted by molar-refractivity contribution is 7.92. The first kappa shape index (κ1) is 22.5. The summed E-state index contributed by atoms with van der Waals surface area (Å²) in [5, 5.41) is 2.77. The molecule has 0 spiro atoms. The van der Waals surface area contributed by atoms with Crippen molar-refractivity contribution in [3.8, 4) is 0 Å². The number of nitrogens with zero attached hydrogens (tertiary/aromatic N) is 1. The van der Waals surface area contributed by atoms with E-state index in [9.17, 15) is 17.6 Å². The summed E-state index contributed by atoms with van der Waals surface area (Å²) in [4.78, 5) is 12.5. The highest BCUT2D eigenvalue weighted by atomic mass is 32.2. The minimum Gasteiger partial charge on any atom is -0.356 e. The first-order chi connectivity index (χ1) is 14.9. The Labute approximate surface area is 182 Å². The molecule has 7 heteroatoms. The lowest BCUT2D eigenvalue weighted by Gasteiger charge is -2.24. The molecule has 0 aliphatic rings. The van der Waals surface area contributed by atoms with Crippen LogP contribution in [0.1, 0.15) is 17.5 Å². The van der Waals surface area contributed by atoms with Crippen LogP contribution < -0.4 is 9.62 Å². The van der Waals surface area contributed by atoms with Gasteiger partial charge in [0.1, 0.15) is 5.82 Å². The van der Waals surface area contributed by atoms with Gasteiger partial charge in [-0.1, -0.05) is 48.0 Å². The summed E-state index contributed by atoms with van der Waals surface area (Å²) in [7, 11) is -3.82. The molecule has 31 heavy (non-hydrogen) atoms. The fourth-order valence-electron chi connectivity index (χ4n) is 3.15. The molecule has 0 bridgehead atoms. The molecule has 3 aromatic carbocycles. The van der Waals surface area contributed by atoms with Crippen LogP contribution in [0.3, 0.4) is 0 Å². The number of rotatable bonds is 9.